The molecule has 12 nitrogen and oxygen atoms in total. The van der Waals surface area contributed by atoms with Crippen LogP contribution in [0.3, 0.4) is 0 Å². The molecule has 8 rings (SSSR count). The summed E-state index contributed by atoms with van der Waals surface area (Å²) < 4.78 is 161. The van der Waals surface area contributed by atoms with Crippen molar-refractivity contribution in [1.82, 2.24) is 19.5 Å². The third kappa shape index (κ3) is 14.0. The van der Waals surface area contributed by atoms with Crippen molar-refractivity contribution < 1.29 is 66.9 Å². The fourth-order valence-electron chi connectivity index (χ4n) is 10.2. The van der Waals surface area contributed by atoms with E-state index in [0.29, 0.717) is 52.5 Å². The van der Waals surface area contributed by atoms with E-state index in [1.807, 2.05) is 57.3 Å². The fraction of sp³-hybridized carbons (Fsp3) is 0.400. The van der Waals surface area contributed by atoms with Gasteiger partial charge in [0.25, 0.3) is 0 Å². The second-order valence-electron chi connectivity index (χ2n) is 22.7. The van der Waals surface area contributed by atoms with Crippen LogP contribution in [-0.4, -0.2) is 112 Å². The van der Waals surface area contributed by atoms with Crippen molar-refractivity contribution in [2.24, 2.45) is 0 Å². The van der Waals surface area contributed by atoms with Crippen molar-refractivity contribution >= 4 is 34.8 Å². The number of carbonyl (C=O) groups excluding carboxylic acids is 2. The van der Waals surface area contributed by atoms with E-state index in [1.165, 1.54) is 72.2 Å². The van der Waals surface area contributed by atoms with Gasteiger partial charge < -0.3 is 39.3 Å². The van der Waals surface area contributed by atoms with Crippen LogP contribution in [0.1, 0.15) is 72.2 Å². The number of aromatic nitrogens is 2. The summed E-state index contributed by atoms with van der Waals surface area (Å²) >= 11 is 0. The van der Waals surface area contributed by atoms with E-state index in [0.717, 1.165) is 47.8 Å². The van der Waals surface area contributed by atoms with Crippen molar-refractivity contribution in [1.29, 1.82) is 0 Å². The minimum atomic E-state index is -5.08. The molecule has 2 aliphatic heterocycles. The number of alkyl halides is 12. The van der Waals surface area contributed by atoms with E-state index < -0.39 is 90.0 Å². The van der Waals surface area contributed by atoms with Crippen LogP contribution in [0.15, 0.2) is 109 Å². The Labute approximate surface area is 478 Å². The van der Waals surface area contributed by atoms with Crippen molar-refractivity contribution in [3.63, 3.8) is 0 Å². The molecular weight excluding hydrogens is 1120 g/mol. The van der Waals surface area contributed by atoms with Crippen molar-refractivity contribution in [3.8, 4) is 22.3 Å². The number of nitrogens with zero attached hydrogens (tertiary/aromatic N) is 8. The van der Waals surface area contributed by atoms with Gasteiger partial charge in [0.1, 0.15) is 32.0 Å². The van der Waals surface area contributed by atoms with E-state index in [2.05, 4.69) is 19.8 Å². The standard InChI is InChI=1S/C30H32F6N4O3.C30H32F6N4O/c1-19-8-6-7-9-23(19)24-17-26(40(43)12-10-39(5,42)11-13-40)37-18-25(24)38(4)27(41)28(2,3)20-14-21(29(31,32)33)16-22(15-20)30(34,35)36;1-19-8-6-7-9-23(19)24-17-26(40-12-10-38(4)11-13-40)37-18-25(24)39(5)27(41)28(2,3)20-14-21(29(31,32)33)16-22(15-20)30(34,35)36/h6-9,14-18H,10-13H2,1-5H3;6-9,14-18H,10-13H2,1-5H3. The van der Waals surface area contributed by atoms with Gasteiger partial charge in [-0.25, -0.2) is 9.97 Å². The average molecular weight is 1190 g/mol. The number of aryl methyl sites for hydroxylation is 2. The molecule has 4 aromatic carbocycles. The van der Waals surface area contributed by atoms with E-state index >= 15 is 0 Å². The maximum Gasteiger partial charge on any atom is 0.416 e. The van der Waals surface area contributed by atoms with E-state index in [9.17, 15) is 72.7 Å². The van der Waals surface area contributed by atoms with Crippen LogP contribution in [0, 0.1) is 24.3 Å². The molecule has 2 aromatic heterocycles. The molecule has 0 unspecified atom stereocenters. The van der Waals surface area contributed by atoms with E-state index in [4.69, 9.17) is 0 Å². The number of rotatable bonds is 10. The predicted molar refractivity (Wildman–Crippen MR) is 298 cm³/mol. The lowest BCUT2D eigenvalue weighted by Gasteiger charge is -2.51. The Morgan fingerprint density at radius 2 is 0.845 bits per heavy atom. The highest BCUT2D eigenvalue weighted by Crippen LogP contribution is 2.44. The molecule has 0 N–H and O–H groups in total. The first-order valence-corrected chi connectivity index (χ1v) is 26.5. The number of carbonyl (C=O) groups is 2. The number of benzene rings is 4. The Morgan fingerprint density at radius 1 is 0.500 bits per heavy atom. The fourth-order valence-corrected chi connectivity index (χ4v) is 10.2. The number of anilines is 3. The van der Waals surface area contributed by atoms with Gasteiger partial charge in [-0.3, -0.25) is 9.59 Å². The highest BCUT2D eigenvalue weighted by atomic mass is 19.4. The zero-order chi connectivity index (χ0) is 62.5. The molecule has 0 radical (unpaired) electrons. The molecule has 84 heavy (non-hydrogen) atoms. The largest absolute Gasteiger partial charge is 0.633 e. The van der Waals surface area contributed by atoms with Gasteiger partial charge >= 0.3 is 24.7 Å². The first-order valence-electron chi connectivity index (χ1n) is 26.5. The Bertz CT molecular complexity index is 3330. The second-order valence-corrected chi connectivity index (χ2v) is 22.7. The quantitative estimate of drug-likeness (QED) is 0.0756. The minimum Gasteiger partial charge on any atom is -0.633 e. The Hall–Kier alpha value is -7.12. The van der Waals surface area contributed by atoms with E-state index in [-0.39, 0.29) is 49.8 Å². The maximum absolute atomic E-state index is 13.9. The lowest BCUT2D eigenvalue weighted by molar-refractivity contribution is -0.864. The van der Waals surface area contributed by atoms with Crippen LogP contribution in [0.25, 0.3) is 22.3 Å². The molecule has 6 aromatic rings. The summed E-state index contributed by atoms with van der Waals surface area (Å²) in [4.78, 5) is 43.5. The molecule has 0 atom stereocenters. The molecule has 4 heterocycles. The summed E-state index contributed by atoms with van der Waals surface area (Å²) in [6.07, 6.45) is -17.4. The first-order chi connectivity index (χ1) is 38.7. The molecule has 452 valence electrons. The van der Waals surface area contributed by atoms with Gasteiger partial charge in [-0.05, 0) is 124 Å². The normalized spacial score (nSPS) is 18.5. The number of hydrogen-bond acceptors (Lipinski definition) is 8. The number of piperazine rings is 2. The lowest BCUT2D eigenvalue weighted by atomic mass is 9.81. The first kappa shape index (κ1) is 64.4. The van der Waals surface area contributed by atoms with Crippen molar-refractivity contribution in [2.45, 2.75) is 77.1 Å². The van der Waals surface area contributed by atoms with Gasteiger partial charge in [-0.1, -0.05) is 48.5 Å². The van der Waals surface area contributed by atoms with Gasteiger partial charge in [0.05, 0.1) is 63.9 Å². The summed E-state index contributed by atoms with van der Waals surface area (Å²) in [7, 11) is 6.33. The van der Waals surface area contributed by atoms with Crippen molar-refractivity contribution in [3.05, 3.63) is 164 Å². The Morgan fingerprint density at radius 3 is 1.21 bits per heavy atom. The molecule has 0 spiro atoms. The van der Waals surface area contributed by atoms with Crippen LogP contribution >= 0.6 is 0 Å². The van der Waals surface area contributed by atoms with Crippen LogP contribution in [0.4, 0.5) is 75.7 Å². The van der Waals surface area contributed by atoms with Gasteiger partial charge in [0, 0.05) is 57.5 Å². The molecule has 0 bridgehead atoms. The highest BCUT2D eigenvalue weighted by molar-refractivity contribution is 6.04. The topological polar surface area (TPSA) is 119 Å². The van der Waals surface area contributed by atoms with Gasteiger partial charge in [-0.2, -0.15) is 52.7 Å². The van der Waals surface area contributed by atoms with Gasteiger partial charge in [0.2, 0.25) is 17.6 Å². The molecule has 2 amide bonds. The second kappa shape index (κ2) is 23.4. The number of pyridine rings is 2. The molecule has 2 saturated heterocycles. The third-order valence-electron chi connectivity index (χ3n) is 15.7. The van der Waals surface area contributed by atoms with Crippen LogP contribution in [0.2, 0.25) is 0 Å². The summed E-state index contributed by atoms with van der Waals surface area (Å²) in [5.74, 6) is -0.649. The minimum absolute atomic E-state index is 0.0154. The summed E-state index contributed by atoms with van der Waals surface area (Å²) in [5.41, 5.74) is -5.54. The average Bonchev–Trinajstić information content (AvgIpc) is 1.37. The third-order valence-corrected chi connectivity index (χ3v) is 15.7. The number of quaternary nitrogens is 2. The van der Waals surface area contributed by atoms with Crippen LogP contribution in [0.5, 0.6) is 0 Å². The Balaban J connectivity index is 0.000000241. The number of hydroxylamine groups is 5. The summed E-state index contributed by atoms with van der Waals surface area (Å²) in [6.45, 7) is 12.2. The summed E-state index contributed by atoms with van der Waals surface area (Å²) in [5, 5.41) is 26.1. The molecule has 2 fully saturated rings. The number of halogens is 12. The number of amides is 2. The predicted octanol–water partition coefficient (Wildman–Crippen LogP) is 13.6. The number of likely N-dealkylation sites (N-methyl/N-ethyl adjacent to an activating group) is 4. The van der Waals surface area contributed by atoms with Crippen LogP contribution in [-0.2, 0) is 45.1 Å². The Kier molecular flexibility index (Phi) is 17.9. The molecular formula is C60H64F12N8O4. The van der Waals surface area contributed by atoms with Crippen LogP contribution < -0.4 is 19.3 Å². The van der Waals surface area contributed by atoms with Gasteiger partial charge in [-0.15, -0.1) is 0 Å². The summed E-state index contributed by atoms with van der Waals surface area (Å²) in [6, 6.07) is 20.5. The zero-order valence-electron chi connectivity index (χ0n) is 47.8. The molecule has 24 heteroatoms. The van der Waals surface area contributed by atoms with E-state index in [1.54, 1.807) is 18.2 Å². The smallest absolute Gasteiger partial charge is 0.416 e. The zero-order valence-corrected chi connectivity index (χ0v) is 47.8. The lowest BCUT2D eigenvalue weighted by Crippen LogP contribution is -2.62. The molecule has 2 aliphatic rings. The number of hydrogen-bond donors (Lipinski definition) is 0. The SMILES string of the molecule is Cc1ccccc1-c1cc(N2CCN(C)CC2)ncc1N(C)C(=O)C(C)(C)c1cc(C(F)(F)F)cc(C(F)(F)F)c1.Cc1ccccc1-c1cc([N+]2([O-])CC[N+](C)([O-])CC2)ncc1N(C)C(=O)C(C)(C)c1cc(C(F)(F)F)cc(C(F)(F)F)c1. The highest BCUT2D eigenvalue weighted by Gasteiger charge is 2.44. The van der Waals surface area contributed by atoms with Gasteiger partial charge in [0.15, 0.2) is 0 Å². The van der Waals surface area contributed by atoms with Crippen molar-refractivity contribution in [2.75, 3.05) is 95.2 Å². The molecule has 0 aliphatic carbocycles. The molecule has 0 saturated carbocycles. The monoisotopic (exact) mass is 1190 g/mol. The maximum atomic E-state index is 13.9.